The average molecular weight is 330 g/mol. The molecular formula is C14H26N4O3S. The van der Waals surface area contributed by atoms with Crippen molar-refractivity contribution >= 4 is 16.0 Å². The summed E-state index contributed by atoms with van der Waals surface area (Å²) in [5, 5.41) is 7.29. The molecule has 22 heavy (non-hydrogen) atoms. The predicted molar refractivity (Wildman–Crippen MR) is 85.2 cm³/mol. The van der Waals surface area contributed by atoms with E-state index < -0.39 is 10.0 Å². The van der Waals surface area contributed by atoms with Crippen molar-refractivity contribution in [2.24, 2.45) is 5.92 Å². The molecule has 0 unspecified atom stereocenters. The van der Waals surface area contributed by atoms with E-state index in [4.69, 9.17) is 4.52 Å². The fourth-order valence-electron chi connectivity index (χ4n) is 2.54. The highest BCUT2D eigenvalue weighted by atomic mass is 32.2. The molecule has 0 bridgehead atoms. The number of rotatable bonds is 5. The number of sulfonamides is 1. The standard InChI is InChI=1S/C14H26N4O3S/c1-14(2,3)12-17-13(21-18-12)16-11-7-5-10(6-8-11)9-15-22(4,19)20/h10-11,15H,5-9H2,1-4H3,(H,16,17,18). The van der Waals surface area contributed by atoms with Crippen LogP contribution >= 0.6 is 0 Å². The van der Waals surface area contributed by atoms with Crippen LogP contribution in [0, 0.1) is 5.92 Å². The summed E-state index contributed by atoms with van der Waals surface area (Å²) in [6.45, 7) is 6.66. The molecule has 0 atom stereocenters. The summed E-state index contributed by atoms with van der Waals surface area (Å²) in [4.78, 5) is 4.38. The van der Waals surface area contributed by atoms with E-state index in [2.05, 4.69) is 20.2 Å². The van der Waals surface area contributed by atoms with Crippen LogP contribution in [0.1, 0.15) is 52.3 Å². The Hall–Kier alpha value is -1.15. The highest BCUT2D eigenvalue weighted by Crippen LogP contribution is 2.27. The molecule has 2 N–H and O–H groups in total. The number of nitrogens with one attached hydrogen (secondary N) is 2. The van der Waals surface area contributed by atoms with Gasteiger partial charge in [0.05, 0.1) is 6.26 Å². The van der Waals surface area contributed by atoms with Crippen molar-refractivity contribution in [2.45, 2.75) is 57.9 Å². The van der Waals surface area contributed by atoms with Gasteiger partial charge >= 0.3 is 6.01 Å². The summed E-state index contributed by atoms with van der Waals surface area (Å²) in [7, 11) is -3.10. The number of nitrogens with zero attached hydrogens (tertiary/aromatic N) is 2. The molecule has 0 radical (unpaired) electrons. The van der Waals surface area contributed by atoms with Gasteiger partial charge in [-0.05, 0) is 31.6 Å². The molecule has 7 nitrogen and oxygen atoms in total. The Kier molecular flexibility index (Phi) is 5.11. The van der Waals surface area contributed by atoms with Crippen LogP contribution in [0.3, 0.4) is 0 Å². The Morgan fingerprint density at radius 2 is 1.86 bits per heavy atom. The molecule has 1 aliphatic carbocycles. The van der Waals surface area contributed by atoms with Gasteiger partial charge in [0.1, 0.15) is 0 Å². The van der Waals surface area contributed by atoms with Crippen molar-refractivity contribution in [3.8, 4) is 0 Å². The lowest BCUT2D eigenvalue weighted by Gasteiger charge is -2.28. The minimum Gasteiger partial charge on any atom is -0.335 e. The van der Waals surface area contributed by atoms with Gasteiger partial charge in [-0.3, -0.25) is 0 Å². The molecule has 0 saturated heterocycles. The number of aromatic nitrogens is 2. The van der Waals surface area contributed by atoms with Crippen molar-refractivity contribution < 1.29 is 12.9 Å². The van der Waals surface area contributed by atoms with E-state index in [1.54, 1.807) is 0 Å². The summed E-state index contributed by atoms with van der Waals surface area (Å²) in [6, 6.07) is 0.783. The molecule has 1 aliphatic rings. The summed E-state index contributed by atoms with van der Waals surface area (Å²) < 4.78 is 30.1. The third-order valence-electron chi connectivity index (χ3n) is 3.91. The molecule has 0 aliphatic heterocycles. The van der Waals surface area contributed by atoms with Gasteiger partial charge in [0, 0.05) is 18.0 Å². The zero-order chi connectivity index (χ0) is 16.4. The van der Waals surface area contributed by atoms with Crippen LogP contribution in [0.15, 0.2) is 4.52 Å². The Balaban J connectivity index is 1.79. The van der Waals surface area contributed by atoms with E-state index in [0.29, 0.717) is 30.3 Å². The van der Waals surface area contributed by atoms with E-state index in [9.17, 15) is 8.42 Å². The molecule has 0 spiro atoms. The second-order valence-electron chi connectivity index (χ2n) is 7.16. The smallest absolute Gasteiger partial charge is 0.321 e. The first-order valence-corrected chi connectivity index (χ1v) is 9.58. The van der Waals surface area contributed by atoms with Gasteiger partial charge in [0.15, 0.2) is 5.82 Å². The second-order valence-corrected chi connectivity index (χ2v) is 8.99. The third kappa shape index (κ3) is 5.24. The SMILES string of the molecule is CC(C)(C)c1noc(NC2CCC(CNS(C)(=O)=O)CC2)n1. The van der Waals surface area contributed by atoms with Crippen LogP contribution in [0.5, 0.6) is 0 Å². The lowest BCUT2D eigenvalue weighted by Crippen LogP contribution is -2.33. The van der Waals surface area contributed by atoms with Gasteiger partial charge < -0.3 is 9.84 Å². The largest absolute Gasteiger partial charge is 0.335 e. The van der Waals surface area contributed by atoms with Crippen molar-refractivity contribution in [1.29, 1.82) is 0 Å². The van der Waals surface area contributed by atoms with Crippen molar-refractivity contribution in [2.75, 3.05) is 18.1 Å². The van der Waals surface area contributed by atoms with Gasteiger partial charge in [0.25, 0.3) is 0 Å². The van der Waals surface area contributed by atoms with Gasteiger partial charge in [-0.2, -0.15) is 4.98 Å². The van der Waals surface area contributed by atoms with Crippen LogP contribution in [0.2, 0.25) is 0 Å². The molecule has 1 heterocycles. The van der Waals surface area contributed by atoms with E-state index in [-0.39, 0.29) is 5.41 Å². The Bertz CT molecular complexity index is 583. The van der Waals surface area contributed by atoms with Crippen LogP contribution in [-0.4, -0.2) is 37.4 Å². The molecular weight excluding hydrogens is 304 g/mol. The van der Waals surface area contributed by atoms with Crippen LogP contribution < -0.4 is 10.0 Å². The maximum atomic E-state index is 11.1. The van der Waals surface area contributed by atoms with E-state index in [1.807, 2.05) is 20.8 Å². The zero-order valence-electron chi connectivity index (χ0n) is 13.7. The lowest BCUT2D eigenvalue weighted by atomic mass is 9.86. The minimum absolute atomic E-state index is 0.127. The van der Waals surface area contributed by atoms with Crippen LogP contribution in [-0.2, 0) is 15.4 Å². The molecule has 8 heteroatoms. The molecule has 126 valence electrons. The first-order valence-electron chi connectivity index (χ1n) is 7.69. The van der Waals surface area contributed by atoms with E-state index in [1.165, 1.54) is 6.26 Å². The van der Waals surface area contributed by atoms with Crippen molar-refractivity contribution in [3.05, 3.63) is 5.82 Å². The predicted octanol–water partition coefficient (Wildman–Crippen LogP) is 1.89. The minimum atomic E-state index is -3.10. The summed E-state index contributed by atoms with van der Waals surface area (Å²) in [6.07, 6.45) is 5.12. The fraction of sp³-hybridized carbons (Fsp3) is 0.857. The molecule has 1 aromatic heterocycles. The topological polar surface area (TPSA) is 97.1 Å². The Morgan fingerprint density at radius 3 is 2.36 bits per heavy atom. The van der Waals surface area contributed by atoms with Gasteiger partial charge in [-0.1, -0.05) is 25.9 Å². The fourth-order valence-corrected chi connectivity index (χ4v) is 3.08. The van der Waals surface area contributed by atoms with E-state index in [0.717, 1.165) is 25.7 Å². The van der Waals surface area contributed by atoms with E-state index >= 15 is 0 Å². The monoisotopic (exact) mass is 330 g/mol. The zero-order valence-corrected chi connectivity index (χ0v) is 14.5. The molecule has 2 rings (SSSR count). The normalized spacial score (nSPS) is 23.5. The first kappa shape index (κ1) is 17.2. The maximum Gasteiger partial charge on any atom is 0.321 e. The van der Waals surface area contributed by atoms with Crippen LogP contribution in [0.25, 0.3) is 0 Å². The lowest BCUT2D eigenvalue weighted by molar-refractivity contribution is 0.329. The molecule has 1 saturated carbocycles. The van der Waals surface area contributed by atoms with Gasteiger partial charge in [-0.25, -0.2) is 13.1 Å². The molecule has 0 aromatic carbocycles. The quantitative estimate of drug-likeness (QED) is 0.855. The summed E-state index contributed by atoms with van der Waals surface area (Å²) in [5.41, 5.74) is -0.127. The molecule has 1 fully saturated rings. The van der Waals surface area contributed by atoms with Gasteiger partial charge in [-0.15, -0.1) is 0 Å². The third-order valence-corrected chi connectivity index (χ3v) is 4.60. The van der Waals surface area contributed by atoms with Crippen LogP contribution in [0.4, 0.5) is 6.01 Å². The Morgan fingerprint density at radius 1 is 1.23 bits per heavy atom. The Labute approximate surface area is 132 Å². The summed E-state index contributed by atoms with van der Waals surface area (Å²) in [5.74, 6) is 1.10. The van der Waals surface area contributed by atoms with Crippen molar-refractivity contribution in [3.63, 3.8) is 0 Å². The number of anilines is 1. The highest BCUT2D eigenvalue weighted by Gasteiger charge is 2.25. The highest BCUT2D eigenvalue weighted by molar-refractivity contribution is 7.88. The summed E-state index contributed by atoms with van der Waals surface area (Å²) >= 11 is 0. The molecule has 1 aromatic rings. The van der Waals surface area contributed by atoms with Gasteiger partial charge in [0.2, 0.25) is 10.0 Å². The maximum absolute atomic E-state index is 11.1. The second kappa shape index (κ2) is 6.54. The molecule has 0 amide bonds. The number of hydrogen-bond acceptors (Lipinski definition) is 6. The average Bonchev–Trinajstić information content (AvgIpc) is 2.85. The van der Waals surface area contributed by atoms with Crippen molar-refractivity contribution in [1.82, 2.24) is 14.9 Å². The first-order chi connectivity index (χ1) is 10.1. The number of hydrogen-bond donors (Lipinski definition) is 2.